The highest BCUT2D eigenvalue weighted by Gasteiger charge is 2.15. The Kier molecular flexibility index (Phi) is 5.08. The minimum absolute atomic E-state index is 0.577. The molecule has 0 fully saturated rings. The maximum absolute atomic E-state index is 5.61. The second kappa shape index (κ2) is 8.20. The molecular formula is C23H23N9. The fraction of sp³-hybridized carbons (Fsp3) is 0.174. The number of pyridine rings is 1. The summed E-state index contributed by atoms with van der Waals surface area (Å²) < 4.78 is 2.16. The van der Waals surface area contributed by atoms with Gasteiger partial charge in [-0.25, -0.2) is 15.8 Å². The molecule has 0 saturated carbocycles. The average molecular weight is 426 g/mol. The molecule has 3 aromatic heterocycles. The standard InChI is InChI=1S/C23H23N9/c1-3-20-26-21-14(2)12-19(27-24)25-23(21)32(20)13-15-8-10-16(11-9-15)17-6-4-5-7-18(17)22-28-30-31-29-22/h4-12H,3,13,24H2,1-2H3,(H,25,27)(H,28,29,30,31). The largest absolute Gasteiger partial charge is 0.308 e. The highest BCUT2D eigenvalue weighted by molar-refractivity contribution is 5.80. The number of hydrogen-bond acceptors (Lipinski definition) is 7. The zero-order chi connectivity index (χ0) is 22.1. The number of nitrogens with two attached hydrogens (primary N) is 1. The summed E-state index contributed by atoms with van der Waals surface area (Å²) in [5.74, 6) is 7.82. The molecule has 2 aromatic carbocycles. The van der Waals surface area contributed by atoms with Crippen LogP contribution in [-0.2, 0) is 13.0 Å². The van der Waals surface area contributed by atoms with Gasteiger partial charge in [0.25, 0.3) is 0 Å². The zero-order valence-corrected chi connectivity index (χ0v) is 17.9. The summed E-state index contributed by atoms with van der Waals surface area (Å²) in [6.07, 6.45) is 0.817. The van der Waals surface area contributed by atoms with Gasteiger partial charge in [0.1, 0.15) is 17.2 Å². The molecule has 0 aliphatic carbocycles. The van der Waals surface area contributed by atoms with Crippen molar-refractivity contribution < 1.29 is 0 Å². The molecule has 0 atom stereocenters. The highest BCUT2D eigenvalue weighted by atomic mass is 15.5. The van der Waals surface area contributed by atoms with Crippen LogP contribution in [0, 0.1) is 6.92 Å². The quantitative estimate of drug-likeness (QED) is 0.281. The number of anilines is 1. The molecule has 0 aliphatic heterocycles. The minimum atomic E-state index is 0.577. The number of imidazole rings is 1. The first-order chi connectivity index (χ1) is 15.7. The summed E-state index contributed by atoms with van der Waals surface area (Å²) in [6, 6.07) is 18.4. The number of aryl methyl sites for hydroxylation is 2. The molecule has 32 heavy (non-hydrogen) atoms. The number of rotatable bonds is 6. The number of tetrazole rings is 1. The second-order valence-corrected chi connectivity index (χ2v) is 7.59. The third-order valence-corrected chi connectivity index (χ3v) is 5.56. The number of nitrogen functional groups attached to an aromatic ring is 1. The Labute approximate surface area is 184 Å². The number of benzene rings is 2. The van der Waals surface area contributed by atoms with Gasteiger partial charge in [-0.15, -0.1) is 10.2 Å². The molecule has 0 saturated heterocycles. The van der Waals surface area contributed by atoms with E-state index in [9.17, 15) is 0 Å². The van der Waals surface area contributed by atoms with Crippen molar-refractivity contribution in [2.24, 2.45) is 5.84 Å². The van der Waals surface area contributed by atoms with E-state index in [1.165, 1.54) is 0 Å². The number of aromatic amines is 1. The number of aromatic nitrogens is 7. The molecule has 0 bridgehead atoms. The van der Waals surface area contributed by atoms with E-state index in [0.29, 0.717) is 18.2 Å². The van der Waals surface area contributed by atoms with E-state index in [1.54, 1.807) is 0 Å². The molecule has 160 valence electrons. The first kappa shape index (κ1) is 19.8. The van der Waals surface area contributed by atoms with Crippen molar-refractivity contribution in [2.45, 2.75) is 26.8 Å². The van der Waals surface area contributed by atoms with Crippen molar-refractivity contribution in [3.63, 3.8) is 0 Å². The number of hydrogen-bond donors (Lipinski definition) is 3. The van der Waals surface area contributed by atoms with Crippen molar-refractivity contribution in [1.29, 1.82) is 0 Å². The third-order valence-electron chi connectivity index (χ3n) is 5.56. The Balaban J connectivity index is 1.51. The van der Waals surface area contributed by atoms with Crippen molar-refractivity contribution in [3.8, 4) is 22.5 Å². The molecule has 0 unspecified atom stereocenters. The zero-order valence-electron chi connectivity index (χ0n) is 17.9. The smallest absolute Gasteiger partial charge is 0.205 e. The molecule has 3 heterocycles. The lowest BCUT2D eigenvalue weighted by Gasteiger charge is -2.11. The van der Waals surface area contributed by atoms with E-state index in [-0.39, 0.29) is 0 Å². The summed E-state index contributed by atoms with van der Waals surface area (Å²) in [5.41, 5.74) is 9.67. The predicted molar refractivity (Wildman–Crippen MR) is 124 cm³/mol. The van der Waals surface area contributed by atoms with E-state index >= 15 is 0 Å². The fourth-order valence-corrected chi connectivity index (χ4v) is 3.98. The van der Waals surface area contributed by atoms with Gasteiger partial charge in [-0.1, -0.05) is 55.5 Å². The monoisotopic (exact) mass is 425 g/mol. The van der Waals surface area contributed by atoms with Gasteiger partial charge >= 0.3 is 0 Å². The van der Waals surface area contributed by atoms with E-state index < -0.39 is 0 Å². The van der Waals surface area contributed by atoms with Crippen LogP contribution in [0.2, 0.25) is 0 Å². The Morgan fingerprint density at radius 1 is 1.03 bits per heavy atom. The van der Waals surface area contributed by atoms with Gasteiger partial charge in [0.2, 0.25) is 5.82 Å². The van der Waals surface area contributed by atoms with E-state index in [2.05, 4.69) is 72.9 Å². The van der Waals surface area contributed by atoms with Gasteiger partial charge in [-0.2, -0.15) is 5.21 Å². The van der Waals surface area contributed by atoms with Crippen molar-refractivity contribution in [3.05, 3.63) is 71.5 Å². The SMILES string of the molecule is CCc1nc2c(C)cc(NN)nc2n1Cc1ccc(-c2ccccc2-c2nn[nH]n2)cc1. The average Bonchev–Trinajstić information content (AvgIpc) is 3.48. The molecule has 9 heteroatoms. The lowest BCUT2D eigenvalue weighted by atomic mass is 9.98. The van der Waals surface area contributed by atoms with E-state index in [0.717, 1.165) is 51.2 Å². The van der Waals surface area contributed by atoms with Crippen LogP contribution in [0.3, 0.4) is 0 Å². The van der Waals surface area contributed by atoms with E-state index in [4.69, 9.17) is 10.8 Å². The molecule has 0 spiro atoms. The Bertz CT molecular complexity index is 1370. The summed E-state index contributed by atoms with van der Waals surface area (Å²) in [5, 5.41) is 14.5. The van der Waals surface area contributed by atoms with Crippen molar-refractivity contribution in [2.75, 3.05) is 5.43 Å². The van der Waals surface area contributed by atoms with Crippen LogP contribution in [0.25, 0.3) is 33.7 Å². The lowest BCUT2D eigenvalue weighted by Crippen LogP contribution is -2.10. The second-order valence-electron chi connectivity index (χ2n) is 7.59. The first-order valence-electron chi connectivity index (χ1n) is 10.4. The normalized spacial score (nSPS) is 11.2. The van der Waals surface area contributed by atoms with Gasteiger partial charge in [0, 0.05) is 12.0 Å². The van der Waals surface area contributed by atoms with Crippen LogP contribution in [-0.4, -0.2) is 35.2 Å². The molecule has 0 amide bonds. The number of nitrogens with one attached hydrogen (secondary N) is 2. The molecule has 0 radical (unpaired) electrons. The maximum Gasteiger partial charge on any atom is 0.205 e. The first-order valence-corrected chi connectivity index (χ1v) is 10.4. The van der Waals surface area contributed by atoms with Crippen LogP contribution in [0.5, 0.6) is 0 Å². The molecule has 5 aromatic rings. The van der Waals surface area contributed by atoms with Crippen LogP contribution in [0.1, 0.15) is 23.9 Å². The van der Waals surface area contributed by atoms with Gasteiger partial charge in [0.15, 0.2) is 5.65 Å². The van der Waals surface area contributed by atoms with Crippen molar-refractivity contribution >= 4 is 17.0 Å². The number of H-pyrrole nitrogens is 1. The number of hydrazine groups is 1. The Morgan fingerprint density at radius 2 is 1.81 bits per heavy atom. The summed E-state index contributed by atoms with van der Waals surface area (Å²) >= 11 is 0. The van der Waals surface area contributed by atoms with Crippen LogP contribution in [0.15, 0.2) is 54.6 Å². The molecule has 0 aliphatic rings. The van der Waals surface area contributed by atoms with Gasteiger partial charge in [-0.3, -0.25) is 0 Å². The molecule has 5 rings (SSSR count). The fourth-order valence-electron chi connectivity index (χ4n) is 3.98. The topological polar surface area (TPSA) is 123 Å². The van der Waals surface area contributed by atoms with Crippen molar-refractivity contribution in [1.82, 2.24) is 35.2 Å². The third kappa shape index (κ3) is 3.48. The number of fused-ring (bicyclic) bond motifs is 1. The molecular weight excluding hydrogens is 402 g/mol. The van der Waals surface area contributed by atoms with Crippen LogP contribution in [0.4, 0.5) is 5.82 Å². The Hall–Kier alpha value is -4.11. The van der Waals surface area contributed by atoms with Gasteiger partial charge < -0.3 is 9.99 Å². The minimum Gasteiger partial charge on any atom is -0.308 e. The van der Waals surface area contributed by atoms with Crippen LogP contribution < -0.4 is 11.3 Å². The van der Waals surface area contributed by atoms with E-state index in [1.807, 2.05) is 31.2 Å². The molecule has 9 nitrogen and oxygen atoms in total. The van der Waals surface area contributed by atoms with Gasteiger partial charge in [-0.05, 0) is 40.5 Å². The number of nitrogens with zero attached hydrogens (tertiary/aromatic N) is 6. The van der Waals surface area contributed by atoms with Gasteiger partial charge in [0.05, 0.1) is 6.54 Å². The maximum atomic E-state index is 5.61. The molecule has 4 N–H and O–H groups in total. The predicted octanol–water partition coefficient (Wildman–Crippen LogP) is 3.48. The Morgan fingerprint density at radius 3 is 2.50 bits per heavy atom. The summed E-state index contributed by atoms with van der Waals surface area (Å²) in [6.45, 7) is 4.80. The van der Waals surface area contributed by atoms with Crippen LogP contribution >= 0.6 is 0 Å². The summed E-state index contributed by atoms with van der Waals surface area (Å²) in [7, 11) is 0. The highest BCUT2D eigenvalue weighted by Crippen LogP contribution is 2.30. The summed E-state index contributed by atoms with van der Waals surface area (Å²) in [4.78, 5) is 9.48. The lowest BCUT2D eigenvalue weighted by molar-refractivity contribution is 0.746.